The zero-order valence-electron chi connectivity index (χ0n) is 16.0. The smallest absolute Gasteiger partial charge is 0.325 e. The third-order valence-electron chi connectivity index (χ3n) is 3.75. The van der Waals surface area contributed by atoms with Crippen molar-refractivity contribution in [1.29, 1.82) is 0 Å². The Balaban J connectivity index is 1.74. The van der Waals surface area contributed by atoms with Crippen molar-refractivity contribution in [3.05, 3.63) is 59.7 Å². The van der Waals surface area contributed by atoms with Crippen LogP contribution in [0.2, 0.25) is 0 Å². The van der Waals surface area contributed by atoms with Gasteiger partial charge in [-0.05, 0) is 42.5 Å². The zero-order valence-corrected chi connectivity index (χ0v) is 16.0. The molecular formula is C20H21N3O6. The molecule has 0 bridgehead atoms. The lowest BCUT2D eigenvalue weighted by Crippen LogP contribution is -2.32. The average Bonchev–Trinajstić information content (AvgIpc) is 2.76. The molecule has 152 valence electrons. The predicted octanol–water partition coefficient (Wildman–Crippen LogP) is 0.967. The van der Waals surface area contributed by atoms with E-state index in [0.717, 1.165) is 0 Å². The van der Waals surface area contributed by atoms with Gasteiger partial charge in [-0.25, -0.2) is 0 Å². The van der Waals surface area contributed by atoms with E-state index < -0.39 is 24.4 Å². The van der Waals surface area contributed by atoms with E-state index in [1.54, 1.807) is 42.5 Å². The van der Waals surface area contributed by atoms with Gasteiger partial charge in [0, 0.05) is 23.9 Å². The number of esters is 1. The van der Waals surface area contributed by atoms with Gasteiger partial charge < -0.3 is 25.4 Å². The van der Waals surface area contributed by atoms with Crippen LogP contribution in [0.25, 0.3) is 0 Å². The third-order valence-corrected chi connectivity index (χ3v) is 3.75. The Hall–Kier alpha value is -3.88. The van der Waals surface area contributed by atoms with Crippen LogP contribution in [0.4, 0.5) is 5.69 Å². The minimum Gasteiger partial charge on any atom is -0.497 e. The maximum atomic E-state index is 12.0. The monoisotopic (exact) mass is 399 g/mol. The summed E-state index contributed by atoms with van der Waals surface area (Å²) in [5.41, 5.74) is 1.23. The Labute approximate surface area is 167 Å². The minimum absolute atomic E-state index is 0.243. The molecule has 0 spiro atoms. The Bertz CT molecular complexity index is 895. The quantitative estimate of drug-likeness (QED) is 0.569. The number of carbonyl (C=O) groups is 4. The van der Waals surface area contributed by atoms with E-state index in [1.165, 1.54) is 20.2 Å². The van der Waals surface area contributed by atoms with Crippen LogP contribution in [0, 0.1) is 0 Å². The predicted molar refractivity (Wildman–Crippen MR) is 105 cm³/mol. The number of benzene rings is 2. The molecule has 0 heterocycles. The lowest BCUT2D eigenvalue weighted by atomic mass is 10.2. The van der Waals surface area contributed by atoms with Gasteiger partial charge in [0.15, 0.2) is 6.61 Å². The van der Waals surface area contributed by atoms with Crippen molar-refractivity contribution < 1.29 is 28.7 Å². The lowest BCUT2D eigenvalue weighted by Gasteiger charge is -2.08. The fourth-order valence-electron chi connectivity index (χ4n) is 2.26. The normalized spacial score (nSPS) is 9.86. The van der Waals surface area contributed by atoms with Gasteiger partial charge in [0.05, 0.1) is 7.11 Å². The number of ether oxygens (including phenoxy) is 2. The third kappa shape index (κ3) is 6.65. The molecule has 0 atom stereocenters. The summed E-state index contributed by atoms with van der Waals surface area (Å²) >= 11 is 0. The largest absolute Gasteiger partial charge is 0.497 e. The van der Waals surface area contributed by atoms with Crippen LogP contribution in [-0.4, -0.2) is 51.0 Å². The van der Waals surface area contributed by atoms with Gasteiger partial charge >= 0.3 is 5.97 Å². The molecule has 0 aliphatic heterocycles. The second-order valence-corrected chi connectivity index (χ2v) is 5.78. The summed E-state index contributed by atoms with van der Waals surface area (Å²) in [6.07, 6.45) is 0. The Morgan fingerprint density at radius 3 is 2.31 bits per heavy atom. The van der Waals surface area contributed by atoms with Gasteiger partial charge in [0.2, 0.25) is 0 Å². The Morgan fingerprint density at radius 2 is 1.66 bits per heavy atom. The van der Waals surface area contributed by atoms with Gasteiger partial charge in [-0.2, -0.15) is 0 Å². The second kappa shape index (κ2) is 10.5. The molecule has 0 saturated heterocycles. The summed E-state index contributed by atoms with van der Waals surface area (Å²) < 4.78 is 9.86. The first-order valence-corrected chi connectivity index (χ1v) is 8.63. The standard InChI is InChI=1S/C20H21N3O6/c1-21-19(26)13-6-8-15(9-7-13)23-17(24)12-29-18(25)11-22-20(27)14-4-3-5-16(10-14)28-2/h3-10H,11-12H2,1-2H3,(H,21,26)(H,22,27)(H,23,24). The molecule has 3 amide bonds. The first kappa shape index (κ1) is 21.4. The molecule has 0 unspecified atom stereocenters. The number of nitrogens with one attached hydrogen (secondary N) is 3. The molecule has 2 rings (SSSR count). The average molecular weight is 399 g/mol. The summed E-state index contributed by atoms with van der Waals surface area (Å²) in [6, 6.07) is 12.7. The fraction of sp³-hybridized carbons (Fsp3) is 0.200. The summed E-state index contributed by atoms with van der Waals surface area (Å²) in [7, 11) is 3.00. The molecule has 2 aromatic rings. The zero-order chi connectivity index (χ0) is 21.2. The molecule has 0 saturated carbocycles. The first-order chi connectivity index (χ1) is 13.9. The van der Waals surface area contributed by atoms with Crippen molar-refractivity contribution in [2.75, 3.05) is 32.6 Å². The maximum absolute atomic E-state index is 12.0. The van der Waals surface area contributed by atoms with Gasteiger partial charge in [-0.1, -0.05) is 6.07 Å². The highest BCUT2D eigenvalue weighted by molar-refractivity contribution is 5.97. The second-order valence-electron chi connectivity index (χ2n) is 5.78. The molecule has 0 aliphatic carbocycles. The Kier molecular flexibility index (Phi) is 7.72. The summed E-state index contributed by atoms with van der Waals surface area (Å²) in [4.78, 5) is 47.1. The van der Waals surface area contributed by atoms with Gasteiger partial charge in [0.1, 0.15) is 12.3 Å². The van der Waals surface area contributed by atoms with Crippen molar-refractivity contribution in [2.24, 2.45) is 0 Å². The van der Waals surface area contributed by atoms with E-state index in [4.69, 9.17) is 9.47 Å². The molecular weight excluding hydrogens is 378 g/mol. The number of anilines is 1. The maximum Gasteiger partial charge on any atom is 0.325 e. The molecule has 9 nitrogen and oxygen atoms in total. The van der Waals surface area contributed by atoms with Crippen molar-refractivity contribution >= 4 is 29.4 Å². The van der Waals surface area contributed by atoms with E-state index in [-0.39, 0.29) is 12.5 Å². The highest BCUT2D eigenvalue weighted by atomic mass is 16.5. The number of carbonyl (C=O) groups excluding carboxylic acids is 4. The van der Waals surface area contributed by atoms with Crippen molar-refractivity contribution in [1.82, 2.24) is 10.6 Å². The molecule has 0 radical (unpaired) electrons. The Morgan fingerprint density at radius 1 is 0.931 bits per heavy atom. The topological polar surface area (TPSA) is 123 Å². The van der Waals surface area contributed by atoms with E-state index in [1.807, 2.05) is 0 Å². The van der Waals surface area contributed by atoms with Gasteiger partial charge in [0.25, 0.3) is 17.7 Å². The summed E-state index contributed by atoms with van der Waals surface area (Å²) in [6.45, 7) is -0.894. The number of hydrogen-bond donors (Lipinski definition) is 3. The van der Waals surface area contributed by atoms with Gasteiger partial charge in [-0.15, -0.1) is 0 Å². The van der Waals surface area contributed by atoms with Crippen LogP contribution < -0.4 is 20.7 Å². The number of hydrogen-bond acceptors (Lipinski definition) is 6. The first-order valence-electron chi connectivity index (χ1n) is 8.63. The van der Waals surface area contributed by atoms with Crippen LogP contribution in [0.15, 0.2) is 48.5 Å². The van der Waals surface area contributed by atoms with Gasteiger partial charge in [-0.3, -0.25) is 19.2 Å². The fourth-order valence-corrected chi connectivity index (χ4v) is 2.26. The lowest BCUT2D eigenvalue weighted by molar-refractivity contribution is -0.146. The highest BCUT2D eigenvalue weighted by Crippen LogP contribution is 2.12. The molecule has 2 aromatic carbocycles. The number of amides is 3. The van der Waals surface area contributed by atoms with E-state index in [9.17, 15) is 19.2 Å². The molecule has 0 aliphatic rings. The van der Waals surface area contributed by atoms with Crippen LogP contribution in [0.5, 0.6) is 5.75 Å². The number of methoxy groups -OCH3 is 1. The van der Waals surface area contributed by atoms with Crippen molar-refractivity contribution in [3.8, 4) is 5.75 Å². The van der Waals surface area contributed by atoms with Crippen molar-refractivity contribution in [3.63, 3.8) is 0 Å². The summed E-state index contributed by atoms with van der Waals surface area (Å²) in [5.74, 6) is -1.51. The van der Waals surface area contributed by atoms with Crippen LogP contribution in [-0.2, 0) is 14.3 Å². The number of rotatable bonds is 8. The van der Waals surface area contributed by atoms with Crippen LogP contribution in [0.1, 0.15) is 20.7 Å². The molecule has 0 aromatic heterocycles. The van der Waals surface area contributed by atoms with E-state index in [2.05, 4.69) is 16.0 Å². The highest BCUT2D eigenvalue weighted by Gasteiger charge is 2.12. The SMILES string of the molecule is CNC(=O)c1ccc(NC(=O)COC(=O)CNC(=O)c2cccc(OC)c2)cc1. The summed E-state index contributed by atoms with van der Waals surface area (Å²) in [5, 5.41) is 7.43. The molecule has 3 N–H and O–H groups in total. The van der Waals surface area contributed by atoms with E-state index in [0.29, 0.717) is 22.6 Å². The minimum atomic E-state index is -0.758. The van der Waals surface area contributed by atoms with Crippen molar-refractivity contribution in [2.45, 2.75) is 0 Å². The molecule has 29 heavy (non-hydrogen) atoms. The molecule has 0 fully saturated rings. The molecule has 9 heteroatoms. The van der Waals surface area contributed by atoms with Crippen LogP contribution in [0.3, 0.4) is 0 Å². The van der Waals surface area contributed by atoms with Crippen LogP contribution >= 0.6 is 0 Å². The van der Waals surface area contributed by atoms with E-state index >= 15 is 0 Å².